The Morgan fingerprint density at radius 1 is 1.30 bits per heavy atom. The maximum absolute atomic E-state index is 6.12. The molecule has 0 N–H and O–H groups in total. The average Bonchev–Trinajstić information content (AvgIpc) is 2.85. The largest absolute Gasteiger partial charge is 0.307 e. The number of imidazole rings is 1. The number of aryl methyl sites for hydroxylation is 2. The minimum Gasteiger partial charge on any atom is -0.307 e. The Morgan fingerprint density at radius 3 is 2.45 bits per heavy atom. The van der Waals surface area contributed by atoms with Gasteiger partial charge in [-0.3, -0.25) is 4.68 Å². The third kappa shape index (κ3) is 2.56. The van der Waals surface area contributed by atoms with Crippen molar-refractivity contribution in [3.05, 3.63) is 11.5 Å². The van der Waals surface area contributed by atoms with E-state index in [2.05, 4.69) is 42.5 Å². The number of alkyl halides is 1. The normalized spacial score (nSPS) is 13.8. The predicted octanol–water partition coefficient (Wildman–Crippen LogP) is 2.58. The van der Waals surface area contributed by atoms with Crippen molar-refractivity contribution in [2.75, 3.05) is 20.6 Å². The van der Waals surface area contributed by atoms with Gasteiger partial charge in [0.2, 0.25) is 0 Å². The number of hydrogen-bond donors (Lipinski definition) is 0. The van der Waals surface area contributed by atoms with Crippen LogP contribution in [-0.4, -0.2) is 44.9 Å². The van der Waals surface area contributed by atoms with Crippen LogP contribution in [0.2, 0.25) is 0 Å². The van der Waals surface area contributed by atoms with Gasteiger partial charge < -0.3 is 9.47 Å². The molecule has 0 amide bonds. The minimum atomic E-state index is 0.332. The van der Waals surface area contributed by atoms with Crippen LogP contribution < -0.4 is 0 Å². The van der Waals surface area contributed by atoms with Gasteiger partial charge in [0, 0.05) is 13.6 Å². The lowest BCUT2D eigenvalue weighted by Gasteiger charge is -2.27. The standard InChI is InChI=1S/C14H24ClN5/c1-9(2)11(8-18(4)5)20-12(7-15)16-13-10(3)17-19(6)14(13)20/h9,11H,7-8H2,1-6H3. The summed E-state index contributed by atoms with van der Waals surface area (Å²) in [5, 5.41) is 4.48. The van der Waals surface area contributed by atoms with Gasteiger partial charge in [-0.2, -0.15) is 5.10 Å². The van der Waals surface area contributed by atoms with Crippen molar-refractivity contribution in [3.63, 3.8) is 0 Å². The van der Waals surface area contributed by atoms with Crippen LogP contribution in [-0.2, 0) is 12.9 Å². The summed E-state index contributed by atoms with van der Waals surface area (Å²) in [5.41, 5.74) is 2.99. The highest BCUT2D eigenvalue weighted by Crippen LogP contribution is 2.28. The molecular formula is C14H24ClN5. The molecule has 5 nitrogen and oxygen atoms in total. The fraction of sp³-hybridized carbons (Fsp3) is 0.714. The third-order valence-corrected chi connectivity index (χ3v) is 3.92. The molecule has 1 atom stereocenters. The molecule has 2 aromatic rings. The number of hydrogen-bond acceptors (Lipinski definition) is 3. The molecule has 0 spiro atoms. The van der Waals surface area contributed by atoms with E-state index in [-0.39, 0.29) is 0 Å². The van der Waals surface area contributed by atoms with Crippen molar-refractivity contribution < 1.29 is 0 Å². The van der Waals surface area contributed by atoms with Crippen molar-refractivity contribution in [2.45, 2.75) is 32.7 Å². The average molecular weight is 298 g/mol. The van der Waals surface area contributed by atoms with E-state index in [0.29, 0.717) is 17.8 Å². The van der Waals surface area contributed by atoms with Gasteiger partial charge in [-0.1, -0.05) is 13.8 Å². The number of aromatic nitrogens is 4. The van der Waals surface area contributed by atoms with Gasteiger partial charge in [0.25, 0.3) is 0 Å². The van der Waals surface area contributed by atoms with Crippen LogP contribution in [0.3, 0.4) is 0 Å². The van der Waals surface area contributed by atoms with E-state index in [4.69, 9.17) is 16.6 Å². The number of halogens is 1. The van der Waals surface area contributed by atoms with E-state index in [1.807, 2.05) is 18.7 Å². The van der Waals surface area contributed by atoms with Gasteiger partial charge in [-0.15, -0.1) is 11.6 Å². The fourth-order valence-electron chi connectivity index (χ4n) is 2.75. The van der Waals surface area contributed by atoms with Crippen molar-refractivity contribution in [1.82, 2.24) is 24.2 Å². The maximum atomic E-state index is 6.12. The van der Waals surface area contributed by atoms with Crippen LogP contribution in [0.4, 0.5) is 0 Å². The molecule has 0 saturated carbocycles. The van der Waals surface area contributed by atoms with E-state index in [1.165, 1.54) is 0 Å². The maximum Gasteiger partial charge on any atom is 0.159 e. The van der Waals surface area contributed by atoms with E-state index < -0.39 is 0 Å². The van der Waals surface area contributed by atoms with Gasteiger partial charge in [0.15, 0.2) is 5.65 Å². The lowest BCUT2D eigenvalue weighted by atomic mass is 10.0. The second-order valence-corrected chi connectivity index (χ2v) is 6.25. The second kappa shape index (κ2) is 5.74. The zero-order chi connectivity index (χ0) is 15.0. The monoisotopic (exact) mass is 297 g/mol. The van der Waals surface area contributed by atoms with Crippen molar-refractivity contribution in [3.8, 4) is 0 Å². The Balaban J connectivity index is 2.65. The van der Waals surface area contributed by atoms with Gasteiger partial charge in [0.1, 0.15) is 11.3 Å². The molecule has 2 heterocycles. The highest BCUT2D eigenvalue weighted by atomic mass is 35.5. The van der Waals surface area contributed by atoms with Crippen molar-refractivity contribution in [1.29, 1.82) is 0 Å². The Hall–Kier alpha value is -1.07. The minimum absolute atomic E-state index is 0.332. The molecule has 0 fully saturated rings. The molecule has 0 radical (unpaired) electrons. The molecule has 20 heavy (non-hydrogen) atoms. The molecule has 1 unspecified atom stereocenters. The van der Waals surface area contributed by atoms with E-state index in [1.54, 1.807) is 0 Å². The summed E-state index contributed by atoms with van der Waals surface area (Å²) in [6, 6.07) is 0.332. The highest BCUT2D eigenvalue weighted by Gasteiger charge is 2.25. The number of nitrogens with zero attached hydrogens (tertiary/aromatic N) is 5. The van der Waals surface area contributed by atoms with Gasteiger partial charge in [-0.25, -0.2) is 4.98 Å². The van der Waals surface area contributed by atoms with Crippen molar-refractivity contribution >= 4 is 22.8 Å². The molecule has 0 saturated heterocycles. The number of rotatable bonds is 5. The van der Waals surface area contributed by atoms with E-state index in [9.17, 15) is 0 Å². The van der Waals surface area contributed by atoms with Crippen LogP contribution in [0.25, 0.3) is 11.2 Å². The van der Waals surface area contributed by atoms with Gasteiger partial charge in [-0.05, 0) is 26.9 Å². The zero-order valence-electron chi connectivity index (χ0n) is 13.2. The molecule has 2 aromatic heterocycles. The summed E-state index contributed by atoms with van der Waals surface area (Å²) in [6.07, 6.45) is 0. The van der Waals surface area contributed by atoms with Gasteiger partial charge >= 0.3 is 0 Å². The molecule has 0 aliphatic heterocycles. The summed E-state index contributed by atoms with van der Waals surface area (Å²) in [4.78, 5) is 6.90. The Labute approximate surface area is 125 Å². The highest BCUT2D eigenvalue weighted by molar-refractivity contribution is 6.16. The third-order valence-electron chi connectivity index (χ3n) is 3.68. The summed E-state index contributed by atoms with van der Waals surface area (Å²) in [5.74, 6) is 1.84. The fourth-order valence-corrected chi connectivity index (χ4v) is 2.94. The van der Waals surface area contributed by atoms with Crippen molar-refractivity contribution in [2.24, 2.45) is 13.0 Å². The lowest BCUT2D eigenvalue weighted by molar-refractivity contribution is 0.268. The van der Waals surface area contributed by atoms with Crippen LogP contribution in [0, 0.1) is 12.8 Å². The number of fused-ring (bicyclic) bond motifs is 1. The van der Waals surface area contributed by atoms with Crippen LogP contribution in [0.15, 0.2) is 0 Å². The van der Waals surface area contributed by atoms with Gasteiger partial charge in [0.05, 0.1) is 17.6 Å². The summed E-state index contributed by atoms with van der Waals surface area (Å²) < 4.78 is 4.19. The SMILES string of the molecule is Cc1nn(C)c2c1nc(CCl)n2C(CN(C)C)C(C)C. The Morgan fingerprint density at radius 2 is 1.95 bits per heavy atom. The predicted molar refractivity (Wildman–Crippen MR) is 83.2 cm³/mol. The smallest absolute Gasteiger partial charge is 0.159 e. The Bertz CT molecular complexity index is 596. The van der Waals surface area contributed by atoms with Crippen LogP contribution >= 0.6 is 11.6 Å². The summed E-state index contributed by atoms with van der Waals surface area (Å²) in [7, 11) is 6.16. The number of likely N-dealkylation sites (N-methyl/N-ethyl adjacent to an activating group) is 1. The molecule has 0 aliphatic carbocycles. The molecule has 0 aliphatic rings. The first kappa shape index (κ1) is 15.3. The van der Waals surface area contributed by atoms with Crippen LogP contribution in [0.5, 0.6) is 0 Å². The zero-order valence-corrected chi connectivity index (χ0v) is 13.9. The topological polar surface area (TPSA) is 38.9 Å². The summed E-state index contributed by atoms with van der Waals surface area (Å²) >= 11 is 6.12. The molecule has 6 heteroatoms. The first-order valence-electron chi connectivity index (χ1n) is 6.97. The first-order valence-corrected chi connectivity index (χ1v) is 7.51. The Kier molecular flexibility index (Phi) is 4.39. The molecule has 0 bridgehead atoms. The van der Waals surface area contributed by atoms with E-state index in [0.717, 1.165) is 29.2 Å². The van der Waals surface area contributed by atoms with E-state index >= 15 is 0 Å². The lowest BCUT2D eigenvalue weighted by Crippen LogP contribution is -2.29. The van der Waals surface area contributed by atoms with Crippen LogP contribution in [0.1, 0.15) is 31.4 Å². The second-order valence-electron chi connectivity index (χ2n) is 5.99. The molecular weight excluding hydrogens is 274 g/mol. The summed E-state index contributed by atoms with van der Waals surface area (Å²) in [6.45, 7) is 7.42. The quantitative estimate of drug-likeness (QED) is 0.796. The first-order chi connectivity index (χ1) is 9.36. The molecule has 2 rings (SSSR count). The molecule has 112 valence electrons. The molecule has 0 aromatic carbocycles.